The Labute approximate surface area is 129 Å². The van der Waals surface area contributed by atoms with Gasteiger partial charge in [0, 0.05) is 5.56 Å². The monoisotopic (exact) mass is 292 g/mol. The third-order valence-electron chi connectivity index (χ3n) is 3.26. The molecule has 0 saturated carbocycles. The van der Waals surface area contributed by atoms with Crippen LogP contribution in [-0.2, 0) is 14.3 Å². The number of ketones is 1. The van der Waals surface area contributed by atoms with Crippen LogP contribution >= 0.6 is 0 Å². The summed E-state index contributed by atoms with van der Waals surface area (Å²) in [6, 6.07) is 17.8. The lowest BCUT2D eigenvalue weighted by atomic mass is 9.95. The Morgan fingerprint density at radius 1 is 0.955 bits per heavy atom. The van der Waals surface area contributed by atoms with Crippen LogP contribution in [0.1, 0.15) is 30.1 Å². The van der Waals surface area contributed by atoms with E-state index in [1.807, 2.05) is 24.3 Å². The van der Waals surface area contributed by atoms with E-state index in [1.54, 1.807) is 36.4 Å². The van der Waals surface area contributed by atoms with Gasteiger partial charge in [0.1, 0.15) is 11.7 Å². The SMILES string of the molecule is C#CC(OC(=O)C(C(C)=O)c1ccccc1)c1ccccc1. The largest absolute Gasteiger partial charge is 0.443 e. The van der Waals surface area contributed by atoms with Crippen LogP contribution in [0.4, 0.5) is 0 Å². The van der Waals surface area contributed by atoms with E-state index in [0.717, 1.165) is 0 Å². The van der Waals surface area contributed by atoms with Gasteiger partial charge in [-0.05, 0) is 12.5 Å². The molecule has 3 nitrogen and oxygen atoms in total. The zero-order valence-electron chi connectivity index (χ0n) is 12.2. The molecule has 0 radical (unpaired) electrons. The van der Waals surface area contributed by atoms with Crippen molar-refractivity contribution in [2.24, 2.45) is 0 Å². The first-order valence-electron chi connectivity index (χ1n) is 6.90. The summed E-state index contributed by atoms with van der Waals surface area (Å²) in [5.74, 6) is 0.571. The number of rotatable bonds is 5. The molecule has 0 aliphatic rings. The second-order valence-electron chi connectivity index (χ2n) is 4.85. The third-order valence-corrected chi connectivity index (χ3v) is 3.26. The van der Waals surface area contributed by atoms with Crippen molar-refractivity contribution < 1.29 is 14.3 Å². The number of benzene rings is 2. The molecule has 0 bridgehead atoms. The van der Waals surface area contributed by atoms with Crippen LogP contribution in [-0.4, -0.2) is 11.8 Å². The van der Waals surface area contributed by atoms with Gasteiger partial charge < -0.3 is 4.74 Å². The maximum atomic E-state index is 12.4. The molecule has 0 heterocycles. The predicted octanol–water partition coefficient (Wildman–Crippen LogP) is 3.28. The van der Waals surface area contributed by atoms with Crippen molar-refractivity contribution in [3.63, 3.8) is 0 Å². The Balaban J connectivity index is 2.22. The van der Waals surface area contributed by atoms with Crippen molar-refractivity contribution >= 4 is 11.8 Å². The van der Waals surface area contributed by atoms with Gasteiger partial charge in [-0.25, -0.2) is 0 Å². The minimum absolute atomic E-state index is 0.278. The highest BCUT2D eigenvalue weighted by atomic mass is 16.5. The standard InChI is InChI=1S/C19H16O3/c1-3-17(15-10-6-4-7-11-15)22-19(21)18(14(2)20)16-12-8-5-9-13-16/h1,4-13,17-18H,2H3. The molecule has 2 rings (SSSR count). The molecular weight excluding hydrogens is 276 g/mol. The normalized spacial score (nSPS) is 12.7. The number of carbonyl (C=O) groups excluding carboxylic acids is 2. The molecule has 2 unspecified atom stereocenters. The Morgan fingerprint density at radius 2 is 1.45 bits per heavy atom. The lowest BCUT2D eigenvalue weighted by Crippen LogP contribution is -2.23. The van der Waals surface area contributed by atoms with Crippen LogP contribution in [0.2, 0.25) is 0 Å². The second kappa shape index (κ2) is 7.24. The van der Waals surface area contributed by atoms with Crippen LogP contribution in [0.5, 0.6) is 0 Å². The van der Waals surface area contributed by atoms with Gasteiger partial charge in [-0.2, -0.15) is 0 Å². The maximum absolute atomic E-state index is 12.4. The van der Waals surface area contributed by atoms with Gasteiger partial charge in [-0.1, -0.05) is 66.6 Å². The summed E-state index contributed by atoms with van der Waals surface area (Å²) in [5.41, 5.74) is 1.30. The second-order valence-corrected chi connectivity index (χ2v) is 4.85. The highest BCUT2D eigenvalue weighted by Gasteiger charge is 2.29. The van der Waals surface area contributed by atoms with Crippen LogP contribution in [0.3, 0.4) is 0 Å². The zero-order valence-corrected chi connectivity index (χ0v) is 12.2. The number of hydrogen-bond acceptors (Lipinski definition) is 3. The van der Waals surface area contributed by atoms with Crippen molar-refractivity contribution in [1.29, 1.82) is 0 Å². The van der Waals surface area contributed by atoms with E-state index in [2.05, 4.69) is 5.92 Å². The number of terminal acetylenes is 1. The highest BCUT2D eigenvalue weighted by Crippen LogP contribution is 2.23. The summed E-state index contributed by atoms with van der Waals surface area (Å²) in [6.45, 7) is 1.37. The van der Waals surface area contributed by atoms with Crippen LogP contribution < -0.4 is 0 Å². The van der Waals surface area contributed by atoms with Crippen molar-refractivity contribution in [3.8, 4) is 12.3 Å². The fourth-order valence-electron chi connectivity index (χ4n) is 2.19. The summed E-state index contributed by atoms with van der Waals surface area (Å²) >= 11 is 0. The van der Waals surface area contributed by atoms with E-state index >= 15 is 0 Å². The Kier molecular flexibility index (Phi) is 5.11. The van der Waals surface area contributed by atoms with Gasteiger partial charge in [0.25, 0.3) is 0 Å². The molecule has 0 spiro atoms. The van der Waals surface area contributed by atoms with E-state index in [1.165, 1.54) is 6.92 Å². The number of Topliss-reactive ketones (excluding diaryl/α,β-unsaturated/α-hetero) is 1. The third kappa shape index (κ3) is 3.62. The van der Waals surface area contributed by atoms with Crippen molar-refractivity contribution in [1.82, 2.24) is 0 Å². The summed E-state index contributed by atoms with van der Waals surface area (Å²) in [6.07, 6.45) is 4.65. The first-order chi connectivity index (χ1) is 10.6. The first kappa shape index (κ1) is 15.5. The van der Waals surface area contributed by atoms with E-state index in [0.29, 0.717) is 11.1 Å². The molecule has 22 heavy (non-hydrogen) atoms. The molecule has 0 aromatic heterocycles. The molecule has 110 valence electrons. The number of carbonyl (C=O) groups is 2. The quantitative estimate of drug-likeness (QED) is 0.482. The molecule has 0 aliphatic carbocycles. The summed E-state index contributed by atoms with van der Waals surface area (Å²) < 4.78 is 5.37. The molecule has 0 N–H and O–H groups in total. The van der Waals surface area contributed by atoms with E-state index < -0.39 is 18.0 Å². The van der Waals surface area contributed by atoms with Gasteiger partial charge in [0.2, 0.25) is 0 Å². The lowest BCUT2D eigenvalue weighted by Gasteiger charge is -2.17. The summed E-state index contributed by atoms with van der Waals surface area (Å²) in [4.78, 5) is 24.2. The Morgan fingerprint density at radius 3 is 1.91 bits per heavy atom. The smallest absolute Gasteiger partial charge is 0.322 e. The van der Waals surface area contributed by atoms with E-state index in [-0.39, 0.29) is 5.78 Å². The van der Waals surface area contributed by atoms with Crippen LogP contribution in [0, 0.1) is 12.3 Å². The average molecular weight is 292 g/mol. The summed E-state index contributed by atoms with van der Waals surface area (Å²) in [7, 11) is 0. The topological polar surface area (TPSA) is 43.4 Å². The van der Waals surface area contributed by atoms with Gasteiger partial charge in [-0.15, -0.1) is 6.42 Å². The van der Waals surface area contributed by atoms with E-state index in [9.17, 15) is 9.59 Å². The molecule has 0 amide bonds. The minimum atomic E-state index is -0.958. The zero-order chi connectivity index (χ0) is 15.9. The highest BCUT2D eigenvalue weighted by molar-refractivity contribution is 6.03. The molecule has 3 heteroatoms. The molecule has 2 aromatic rings. The molecular formula is C19H16O3. The van der Waals surface area contributed by atoms with Gasteiger partial charge in [-0.3, -0.25) is 9.59 Å². The minimum Gasteiger partial charge on any atom is -0.443 e. The van der Waals surface area contributed by atoms with Gasteiger partial charge in [0.05, 0.1) is 0 Å². The first-order valence-corrected chi connectivity index (χ1v) is 6.90. The molecule has 0 fully saturated rings. The fourth-order valence-corrected chi connectivity index (χ4v) is 2.19. The Bertz CT molecular complexity index is 684. The molecule has 2 aromatic carbocycles. The molecule has 2 atom stereocenters. The van der Waals surface area contributed by atoms with E-state index in [4.69, 9.17) is 11.2 Å². The fraction of sp³-hybridized carbons (Fsp3) is 0.158. The number of esters is 1. The predicted molar refractivity (Wildman–Crippen MR) is 84.0 cm³/mol. The van der Waals surface area contributed by atoms with Crippen molar-refractivity contribution in [3.05, 3.63) is 71.8 Å². The molecule has 0 aliphatic heterocycles. The van der Waals surface area contributed by atoms with Gasteiger partial charge in [0.15, 0.2) is 6.10 Å². The number of hydrogen-bond donors (Lipinski definition) is 0. The van der Waals surface area contributed by atoms with Crippen LogP contribution in [0.15, 0.2) is 60.7 Å². The van der Waals surface area contributed by atoms with Crippen molar-refractivity contribution in [2.75, 3.05) is 0 Å². The van der Waals surface area contributed by atoms with Gasteiger partial charge >= 0.3 is 5.97 Å². The maximum Gasteiger partial charge on any atom is 0.322 e. The number of ether oxygens (including phenoxy) is 1. The summed E-state index contributed by atoms with van der Waals surface area (Å²) in [5, 5.41) is 0. The van der Waals surface area contributed by atoms with Crippen LogP contribution in [0.25, 0.3) is 0 Å². The lowest BCUT2D eigenvalue weighted by molar-refractivity contribution is -0.150. The molecule has 0 saturated heterocycles. The Hall–Kier alpha value is -2.86. The average Bonchev–Trinajstić information content (AvgIpc) is 2.54. The van der Waals surface area contributed by atoms with Crippen molar-refractivity contribution in [2.45, 2.75) is 18.9 Å².